The molecular formula is C13H9F5. The summed E-state index contributed by atoms with van der Waals surface area (Å²) in [6, 6.07) is 11.8. The maximum atomic E-state index is 12.4. The van der Waals surface area contributed by atoms with Crippen LogP contribution >= 0.6 is 0 Å². The highest BCUT2D eigenvalue weighted by atomic mass is 19.4. The van der Waals surface area contributed by atoms with Gasteiger partial charge in [-0.15, -0.1) is 0 Å². The van der Waals surface area contributed by atoms with Crippen molar-refractivity contribution in [2.24, 2.45) is 0 Å². The minimum Gasteiger partial charge on any atom is -0.207 e. The van der Waals surface area contributed by atoms with Gasteiger partial charge < -0.3 is 0 Å². The van der Waals surface area contributed by atoms with Gasteiger partial charge in [0, 0.05) is 0 Å². The highest BCUT2D eigenvalue weighted by Gasteiger charge is 2.33. The monoisotopic (exact) mass is 260 g/mol. The highest BCUT2D eigenvalue weighted by Crippen LogP contribution is 2.30. The van der Waals surface area contributed by atoms with E-state index in [2.05, 4.69) is 0 Å². The van der Waals surface area contributed by atoms with Crippen LogP contribution in [0.15, 0.2) is 54.6 Å². The van der Waals surface area contributed by atoms with Crippen LogP contribution in [-0.4, -0.2) is 0 Å². The van der Waals surface area contributed by atoms with Gasteiger partial charge in [0.25, 0.3) is 0 Å². The van der Waals surface area contributed by atoms with Crippen LogP contribution in [0.1, 0.15) is 5.56 Å². The average molecular weight is 260 g/mol. The second kappa shape index (κ2) is 6.14. The van der Waals surface area contributed by atoms with Gasteiger partial charge in [0.1, 0.15) is 11.6 Å². The Morgan fingerprint density at radius 3 is 1.50 bits per heavy atom. The number of alkyl halides is 3. The van der Waals surface area contributed by atoms with Crippen molar-refractivity contribution in [2.45, 2.75) is 6.18 Å². The van der Waals surface area contributed by atoms with Gasteiger partial charge in [-0.3, -0.25) is 0 Å². The van der Waals surface area contributed by atoms with Crippen molar-refractivity contribution in [3.05, 3.63) is 71.8 Å². The van der Waals surface area contributed by atoms with Gasteiger partial charge >= 0.3 is 6.18 Å². The van der Waals surface area contributed by atoms with Crippen LogP contribution in [-0.2, 0) is 6.18 Å². The van der Waals surface area contributed by atoms with Crippen LogP contribution in [0.2, 0.25) is 0 Å². The first-order chi connectivity index (χ1) is 8.41. The Kier molecular flexibility index (Phi) is 4.83. The molecule has 0 N–H and O–H groups in total. The van der Waals surface area contributed by atoms with E-state index in [0.717, 1.165) is 12.1 Å². The number of rotatable bonds is 0. The fourth-order valence-corrected chi connectivity index (χ4v) is 1.11. The molecule has 0 aromatic heterocycles. The molecule has 0 saturated carbocycles. The predicted molar refractivity (Wildman–Crippen MR) is 57.8 cm³/mol. The zero-order valence-corrected chi connectivity index (χ0v) is 9.09. The first-order valence-electron chi connectivity index (χ1n) is 4.93. The minimum atomic E-state index is -4.59. The van der Waals surface area contributed by atoms with Gasteiger partial charge in [0.2, 0.25) is 0 Å². The molecule has 0 radical (unpaired) electrons. The molecule has 5 heteroatoms. The fraction of sp³-hybridized carbons (Fsp3) is 0.0769. The van der Waals surface area contributed by atoms with Gasteiger partial charge in [-0.2, -0.15) is 13.2 Å². The van der Waals surface area contributed by atoms with Gasteiger partial charge in [0.05, 0.1) is 5.56 Å². The third-order valence-corrected chi connectivity index (χ3v) is 1.91. The molecule has 2 rings (SSSR count). The Balaban J connectivity index is 0.000000199. The van der Waals surface area contributed by atoms with Crippen molar-refractivity contribution in [2.75, 3.05) is 0 Å². The highest BCUT2D eigenvalue weighted by molar-refractivity contribution is 5.19. The third-order valence-electron chi connectivity index (χ3n) is 1.91. The minimum absolute atomic E-state index is 0.178. The topological polar surface area (TPSA) is 0 Å². The normalized spacial score (nSPS) is 10.5. The first-order valence-corrected chi connectivity index (χ1v) is 4.93. The molecule has 0 fully saturated rings. The largest absolute Gasteiger partial charge is 0.419 e. The molecule has 0 aliphatic carbocycles. The smallest absolute Gasteiger partial charge is 0.207 e. The Labute approximate surface area is 101 Å². The molecule has 0 aliphatic rings. The van der Waals surface area contributed by atoms with Crippen molar-refractivity contribution in [1.29, 1.82) is 0 Å². The zero-order valence-electron chi connectivity index (χ0n) is 9.09. The van der Waals surface area contributed by atoms with E-state index in [-0.39, 0.29) is 5.82 Å². The van der Waals surface area contributed by atoms with E-state index >= 15 is 0 Å². The van der Waals surface area contributed by atoms with Crippen molar-refractivity contribution in [3.8, 4) is 0 Å². The van der Waals surface area contributed by atoms with Crippen LogP contribution in [0.25, 0.3) is 0 Å². The molecule has 0 nitrogen and oxygen atoms in total. The SMILES string of the molecule is Fc1ccccc1.Fc1ccccc1C(F)(F)F. The van der Waals surface area contributed by atoms with Gasteiger partial charge in [0.15, 0.2) is 0 Å². The van der Waals surface area contributed by atoms with Crippen molar-refractivity contribution >= 4 is 0 Å². The molecule has 18 heavy (non-hydrogen) atoms. The van der Waals surface area contributed by atoms with Crippen LogP contribution in [0.5, 0.6) is 0 Å². The quantitative estimate of drug-likeness (QED) is 0.604. The molecule has 0 saturated heterocycles. The number of hydrogen-bond acceptors (Lipinski definition) is 0. The maximum Gasteiger partial charge on any atom is 0.419 e. The second-order valence-electron chi connectivity index (χ2n) is 3.27. The van der Waals surface area contributed by atoms with Crippen molar-refractivity contribution in [3.63, 3.8) is 0 Å². The summed E-state index contributed by atoms with van der Waals surface area (Å²) in [6.07, 6.45) is -4.59. The van der Waals surface area contributed by atoms with Gasteiger partial charge in [-0.1, -0.05) is 30.3 Å². The molecule has 96 valence electrons. The number of halogens is 5. The third kappa shape index (κ3) is 4.53. The predicted octanol–water partition coefficient (Wildman–Crippen LogP) is 4.67. The molecule has 0 heterocycles. The summed E-state index contributed by atoms with van der Waals surface area (Å²) in [5.74, 6) is -1.41. The Hall–Kier alpha value is -1.91. The van der Waals surface area contributed by atoms with E-state index in [1.807, 2.05) is 0 Å². The van der Waals surface area contributed by atoms with Gasteiger partial charge in [-0.25, -0.2) is 8.78 Å². The van der Waals surface area contributed by atoms with Crippen LogP contribution in [0, 0.1) is 11.6 Å². The summed E-state index contributed by atoms with van der Waals surface area (Å²) >= 11 is 0. The van der Waals surface area contributed by atoms with Crippen LogP contribution < -0.4 is 0 Å². The molecular weight excluding hydrogens is 251 g/mol. The molecule has 0 spiro atoms. The molecule has 2 aromatic carbocycles. The summed E-state index contributed by atoms with van der Waals surface area (Å²) < 4.78 is 59.7. The first kappa shape index (κ1) is 14.2. The maximum absolute atomic E-state index is 12.4. The summed E-state index contributed by atoms with van der Waals surface area (Å²) in [5.41, 5.74) is -1.22. The van der Waals surface area contributed by atoms with E-state index in [0.29, 0.717) is 6.07 Å². The van der Waals surface area contributed by atoms with E-state index in [9.17, 15) is 22.0 Å². The Morgan fingerprint density at radius 2 is 1.17 bits per heavy atom. The van der Waals surface area contributed by atoms with Crippen molar-refractivity contribution in [1.82, 2.24) is 0 Å². The molecule has 0 amide bonds. The average Bonchev–Trinajstić information content (AvgIpc) is 2.30. The lowest BCUT2D eigenvalue weighted by Gasteiger charge is -2.05. The summed E-state index contributed by atoms with van der Waals surface area (Å²) in [7, 11) is 0. The summed E-state index contributed by atoms with van der Waals surface area (Å²) in [4.78, 5) is 0. The van der Waals surface area contributed by atoms with E-state index in [4.69, 9.17) is 0 Å². The lowest BCUT2D eigenvalue weighted by atomic mass is 10.2. The molecule has 2 aromatic rings. The molecule has 0 bridgehead atoms. The van der Waals surface area contributed by atoms with Crippen LogP contribution in [0.3, 0.4) is 0 Å². The molecule has 0 aliphatic heterocycles. The lowest BCUT2D eigenvalue weighted by molar-refractivity contribution is -0.140. The van der Waals surface area contributed by atoms with E-state index in [1.54, 1.807) is 18.2 Å². The Bertz CT molecular complexity index is 476. The summed E-state index contributed by atoms with van der Waals surface area (Å²) in [5, 5.41) is 0. The lowest BCUT2D eigenvalue weighted by Crippen LogP contribution is -2.07. The standard InChI is InChI=1S/C7H4F4.C6H5F/c8-6-4-2-1-3-5(6)7(9,10)11;7-6-4-2-1-3-5-6/h1-4H;1-5H. The molecule has 0 unspecified atom stereocenters. The van der Waals surface area contributed by atoms with E-state index in [1.165, 1.54) is 18.2 Å². The number of benzene rings is 2. The second-order valence-corrected chi connectivity index (χ2v) is 3.27. The van der Waals surface area contributed by atoms with E-state index < -0.39 is 17.6 Å². The molecule has 0 atom stereocenters. The van der Waals surface area contributed by atoms with Crippen molar-refractivity contribution < 1.29 is 22.0 Å². The fourth-order valence-electron chi connectivity index (χ4n) is 1.11. The Morgan fingerprint density at radius 1 is 0.667 bits per heavy atom. The zero-order chi connectivity index (χ0) is 13.6. The van der Waals surface area contributed by atoms with Crippen LogP contribution in [0.4, 0.5) is 22.0 Å². The number of hydrogen-bond donors (Lipinski definition) is 0. The van der Waals surface area contributed by atoms with Gasteiger partial charge in [-0.05, 0) is 24.3 Å². The summed E-state index contributed by atoms with van der Waals surface area (Å²) in [6.45, 7) is 0.